The van der Waals surface area contributed by atoms with E-state index in [0.717, 1.165) is 6.42 Å². The molecule has 1 aromatic carbocycles. The predicted octanol–water partition coefficient (Wildman–Crippen LogP) is 2.83. The molecule has 1 heterocycles. The summed E-state index contributed by atoms with van der Waals surface area (Å²) in [5, 5.41) is 0. The molecular formula is C16H22O3. The summed E-state index contributed by atoms with van der Waals surface area (Å²) in [7, 11) is 1.44. The Morgan fingerprint density at radius 2 is 1.84 bits per heavy atom. The van der Waals surface area contributed by atoms with Gasteiger partial charge in [-0.2, -0.15) is 0 Å². The van der Waals surface area contributed by atoms with E-state index in [2.05, 4.69) is 32.9 Å². The van der Waals surface area contributed by atoms with Crippen molar-refractivity contribution in [2.75, 3.05) is 20.3 Å². The zero-order valence-electron chi connectivity index (χ0n) is 12.2. The van der Waals surface area contributed by atoms with Crippen molar-refractivity contribution in [2.45, 2.75) is 39.0 Å². The molecule has 0 N–H and O–H groups in total. The second kappa shape index (κ2) is 5.33. The standard InChI is InChI=1S/C16H22O3/c1-11-7-13(3)14(8-12(11)2)16(9-19-10-16)6-5-15(17)18-4/h7-8H,5-6,9-10H2,1-4H3. The van der Waals surface area contributed by atoms with Crippen LogP contribution in [0, 0.1) is 20.8 Å². The van der Waals surface area contributed by atoms with Gasteiger partial charge in [0.25, 0.3) is 0 Å². The fraction of sp³-hybridized carbons (Fsp3) is 0.562. The lowest BCUT2D eigenvalue weighted by molar-refractivity contribution is -0.142. The molecule has 0 aliphatic carbocycles. The van der Waals surface area contributed by atoms with Crippen LogP contribution >= 0.6 is 0 Å². The van der Waals surface area contributed by atoms with Crippen LogP contribution in [-0.2, 0) is 19.7 Å². The number of methoxy groups -OCH3 is 1. The van der Waals surface area contributed by atoms with Crippen LogP contribution in [0.2, 0.25) is 0 Å². The maximum Gasteiger partial charge on any atom is 0.305 e. The molecule has 0 unspecified atom stereocenters. The van der Waals surface area contributed by atoms with Crippen molar-refractivity contribution in [2.24, 2.45) is 0 Å². The van der Waals surface area contributed by atoms with Gasteiger partial charge >= 0.3 is 5.97 Å². The second-order valence-corrected chi connectivity index (χ2v) is 5.60. The summed E-state index contributed by atoms with van der Waals surface area (Å²) < 4.78 is 10.2. The Morgan fingerprint density at radius 1 is 1.21 bits per heavy atom. The van der Waals surface area contributed by atoms with Gasteiger partial charge in [0, 0.05) is 11.8 Å². The molecule has 3 heteroatoms. The van der Waals surface area contributed by atoms with Gasteiger partial charge in [-0.1, -0.05) is 12.1 Å². The molecule has 1 aliphatic rings. The van der Waals surface area contributed by atoms with E-state index in [1.54, 1.807) is 0 Å². The molecule has 19 heavy (non-hydrogen) atoms. The van der Waals surface area contributed by atoms with Crippen molar-refractivity contribution >= 4 is 5.97 Å². The molecule has 0 amide bonds. The molecule has 0 spiro atoms. The highest BCUT2D eigenvalue weighted by Gasteiger charge is 2.41. The number of carbonyl (C=O) groups excluding carboxylic acids is 1. The first-order chi connectivity index (χ1) is 8.98. The Kier molecular flexibility index (Phi) is 3.95. The van der Waals surface area contributed by atoms with E-state index in [-0.39, 0.29) is 11.4 Å². The van der Waals surface area contributed by atoms with Crippen LogP contribution in [0.25, 0.3) is 0 Å². The van der Waals surface area contributed by atoms with E-state index in [9.17, 15) is 4.79 Å². The topological polar surface area (TPSA) is 35.5 Å². The number of esters is 1. The van der Waals surface area contributed by atoms with Crippen LogP contribution in [0.1, 0.15) is 35.1 Å². The van der Waals surface area contributed by atoms with Crippen molar-refractivity contribution in [3.05, 3.63) is 34.4 Å². The molecule has 0 bridgehead atoms. The van der Waals surface area contributed by atoms with Gasteiger partial charge in [-0.15, -0.1) is 0 Å². The Morgan fingerprint density at radius 3 is 2.37 bits per heavy atom. The van der Waals surface area contributed by atoms with E-state index >= 15 is 0 Å². The summed E-state index contributed by atoms with van der Waals surface area (Å²) in [6.45, 7) is 7.80. The maximum absolute atomic E-state index is 11.4. The summed E-state index contributed by atoms with van der Waals surface area (Å²) >= 11 is 0. The van der Waals surface area contributed by atoms with Crippen LogP contribution in [-0.4, -0.2) is 26.3 Å². The number of rotatable bonds is 4. The minimum atomic E-state index is -0.146. The fourth-order valence-corrected chi connectivity index (χ4v) is 2.76. The molecule has 0 aromatic heterocycles. The lowest BCUT2D eigenvalue weighted by Gasteiger charge is -2.43. The highest BCUT2D eigenvalue weighted by atomic mass is 16.5. The van der Waals surface area contributed by atoms with Gasteiger partial charge in [0.2, 0.25) is 0 Å². The lowest BCUT2D eigenvalue weighted by Crippen LogP contribution is -2.47. The molecule has 1 aromatic rings. The summed E-state index contributed by atoms with van der Waals surface area (Å²) in [5.41, 5.74) is 5.22. The van der Waals surface area contributed by atoms with E-state index in [4.69, 9.17) is 9.47 Å². The van der Waals surface area contributed by atoms with Crippen molar-refractivity contribution in [1.82, 2.24) is 0 Å². The first kappa shape index (κ1) is 14.1. The van der Waals surface area contributed by atoms with Gasteiger partial charge in [0.05, 0.1) is 20.3 Å². The number of benzene rings is 1. The third-order valence-corrected chi connectivity index (χ3v) is 4.20. The first-order valence-corrected chi connectivity index (χ1v) is 6.71. The SMILES string of the molecule is COC(=O)CCC1(c2cc(C)c(C)cc2C)COC1. The van der Waals surface area contributed by atoms with Crippen LogP contribution in [0.4, 0.5) is 0 Å². The first-order valence-electron chi connectivity index (χ1n) is 6.71. The summed E-state index contributed by atoms with van der Waals surface area (Å²) in [6, 6.07) is 4.48. The van der Waals surface area contributed by atoms with Gasteiger partial charge in [-0.05, 0) is 49.4 Å². The molecule has 1 fully saturated rings. The van der Waals surface area contributed by atoms with Gasteiger partial charge in [0.1, 0.15) is 0 Å². The molecular weight excluding hydrogens is 240 g/mol. The van der Waals surface area contributed by atoms with Crippen LogP contribution in [0.15, 0.2) is 12.1 Å². The van der Waals surface area contributed by atoms with E-state index in [1.165, 1.54) is 29.4 Å². The molecule has 0 radical (unpaired) electrons. The van der Waals surface area contributed by atoms with Crippen molar-refractivity contribution in [3.8, 4) is 0 Å². The third kappa shape index (κ3) is 2.66. The van der Waals surface area contributed by atoms with Crippen LogP contribution < -0.4 is 0 Å². The second-order valence-electron chi connectivity index (χ2n) is 5.60. The molecule has 0 atom stereocenters. The average Bonchev–Trinajstić information content (AvgIpc) is 2.33. The molecule has 104 valence electrons. The fourth-order valence-electron chi connectivity index (χ4n) is 2.76. The number of hydrogen-bond acceptors (Lipinski definition) is 3. The third-order valence-electron chi connectivity index (χ3n) is 4.20. The molecule has 2 rings (SSSR count). The minimum Gasteiger partial charge on any atom is -0.469 e. The molecule has 1 aliphatic heterocycles. The van der Waals surface area contributed by atoms with Crippen molar-refractivity contribution < 1.29 is 14.3 Å². The maximum atomic E-state index is 11.4. The molecule has 1 saturated heterocycles. The number of aryl methyl sites for hydroxylation is 3. The number of hydrogen-bond donors (Lipinski definition) is 0. The van der Waals surface area contributed by atoms with Crippen LogP contribution in [0.5, 0.6) is 0 Å². The lowest BCUT2D eigenvalue weighted by atomic mass is 9.72. The normalized spacial score (nSPS) is 16.8. The zero-order valence-corrected chi connectivity index (χ0v) is 12.2. The quantitative estimate of drug-likeness (QED) is 0.783. The van der Waals surface area contributed by atoms with Crippen molar-refractivity contribution in [1.29, 1.82) is 0 Å². The Bertz CT molecular complexity index is 487. The highest BCUT2D eigenvalue weighted by Crippen LogP contribution is 2.39. The number of ether oxygens (including phenoxy) is 2. The largest absolute Gasteiger partial charge is 0.469 e. The Balaban J connectivity index is 2.26. The van der Waals surface area contributed by atoms with E-state index < -0.39 is 0 Å². The predicted molar refractivity (Wildman–Crippen MR) is 74.4 cm³/mol. The summed E-state index contributed by atoms with van der Waals surface area (Å²) in [6.07, 6.45) is 1.25. The van der Waals surface area contributed by atoms with Gasteiger partial charge in [0.15, 0.2) is 0 Å². The van der Waals surface area contributed by atoms with Gasteiger partial charge in [-0.25, -0.2) is 0 Å². The van der Waals surface area contributed by atoms with Crippen molar-refractivity contribution in [3.63, 3.8) is 0 Å². The molecule has 3 nitrogen and oxygen atoms in total. The number of carbonyl (C=O) groups is 1. The summed E-state index contributed by atoms with van der Waals surface area (Å²) in [4.78, 5) is 11.4. The molecule has 0 saturated carbocycles. The van der Waals surface area contributed by atoms with Gasteiger partial charge < -0.3 is 9.47 Å². The van der Waals surface area contributed by atoms with E-state index in [0.29, 0.717) is 19.6 Å². The Labute approximate surface area is 114 Å². The van der Waals surface area contributed by atoms with E-state index in [1.807, 2.05) is 0 Å². The average molecular weight is 262 g/mol. The Hall–Kier alpha value is -1.35. The monoisotopic (exact) mass is 262 g/mol. The highest BCUT2D eigenvalue weighted by molar-refractivity contribution is 5.69. The van der Waals surface area contributed by atoms with Gasteiger partial charge in [-0.3, -0.25) is 4.79 Å². The summed E-state index contributed by atoms with van der Waals surface area (Å²) in [5.74, 6) is -0.146. The zero-order chi connectivity index (χ0) is 14.0. The smallest absolute Gasteiger partial charge is 0.305 e. The minimum absolute atomic E-state index is 0.00324. The van der Waals surface area contributed by atoms with Crippen LogP contribution in [0.3, 0.4) is 0 Å².